The van der Waals surface area contributed by atoms with Crippen LogP contribution in [0.15, 0.2) is 72.8 Å². The third-order valence-corrected chi connectivity index (χ3v) is 5.41. The molecule has 0 bridgehead atoms. The quantitative estimate of drug-likeness (QED) is 0.252. The van der Waals surface area contributed by atoms with E-state index in [1.54, 1.807) is 101 Å². The zero-order chi connectivity index (χ0) is 24.2. The van der Waals surface area contributed by atoms with Gasteiger partial charge in [-0.2, -0.15) is 0 Å². The summed E-state index contributed by atoms with van der Waals surface area (Å²) in [4.78, 5) is 24.6. The minimum Gasteiger partial charge on any atom is -0.444 e. The van der Waals surface area contributed by atoms with Gasteiger partial charge in [-0.25, -0.2) is 4.79 Å². The van der Waals surface area contributed by atoms with Crippen LogP contribution in [0.4, 0.5) is 16.2 Å². The Balaban J connectivity index is 2.12. The maximum Gasteiger partial charge on any atom is 0.412 e. The zero-order valence-corrected chi connectivity index (χ0v) is 19.6. The standard InChI is InChI=1S/C25H26ClN3O4/c1-24(2,3)33-23(30)28-20-15-11-18(12-16-20)25(29(31)32,21-7-5-6-8-22(21)26)17-9-13-19(27-4)14-10-17/h5-16,27H,1-4H3,(H,28,30)/t25-/m0/s1. The first-order valence-electron chi connectivity index (χ1n) is 10.4. The van der Waals surface area contributed by atoms with E-state index in [2.05, 4.69) is 10.6 Å². The molecule has 0 saturated carbocycles. The van der Waals surface area contributed by atoms with Gasteiger partial charge in [0, 0.05) is 34.5 Å². The number of carbonyl (C=O) groups excluding carboxylic acids is 1. The summed E-state index contributed by atoms with van der Waals surface area (Å²) in [5.74, 6) is 0. The van der Waals surface area contributed by atoms with Crippen LogP contribution in [0.2, 0.25) is 5.02 Å². The summed E-state index contributed by atoms with van der Waals surface area (Å²) in [6.07, 6.45) is -0.607. The molecule has 0 saturated heterocycles. The third-order valence-electron chi connectivity index (χ3n) is 5.08. The first-order chi connectivity index (χ1) is 15.6. The maximum absolute atomic E-state index is 12.8. The topological polar surface area (TPSA) is 93.5 Å². The van der Waals surface area contributed by atoms with E-state index in [-0.39, 0.29) is 9.95 Å². The molecule has 0 fully saturated rings. The van der Waals surface area contributed by atoms with Gasteiger partial charge in [-0.05, 0) is 81.4 Å². The summed E-state index contributed by atoms with van der Waals surface area (Å²) in [6.45, 7) is 5.30. The Kier molecular flexibility index (Phi) is 6.93. The lowest BCUT2D eigenvalue weighted by Crippen LogP contribution is -2.38. The molecular weight excluding hydrogens is 442 g/mol. The smallest absolute Gasteiger partial charge is 0.412 e. The first kappa shape index (κ1) is 24.1. The Morgan fingerprint density at radius 3 is 1.88 bits per heavy atom. The number of hydrogen-bond donors (Lipinski definition) is 2. The second kappa shape index (κ2) is 9.50. The molecule has 0 aromatic heterocycles. The van der Waals surface area contributed by atoms with Gasteiger partial charge in [0.1, 0.15) is 5.60 Å². The first-order valence-corrected chi connectivity index (χ1v) is 10.7. The van der Waals surface area contributed by atoms with Crippen molar-refractivity contribution in [3.05, 3.63) is 105 Å². The molecule has 0 radical (unpaired) electrons. The molecule has 0 unspecified atom stereocenters. The van der Waals surface area contributed by atoms with E-state index in [0.717, 1.165) is 5.69 Å². The van der Waals surface area contributed by atoms with Gasteiger partial charge in [-0.1, -0.05) is 23.7 Å². The minimum atomic E-state index is -1.75. The van der Waals surface area contributed by atoms with Crippen molar-refractivity contribution in [2.75, 3.05) is 17.7 Å². The highest BCUT2D eigenvalue weighted by molar-refractivity contribution is 6.31. The number of amides is 1. The monoisotopic (exact) mass is 467 g/mol. The number of carbonyl (C=O) groups is 1. The van der Waals surface area contributed by atoms with Crippen molar-refractivity contribution >= 4 is 29.1 Å². The van der Waals surface area contributed by atoms with Crippen molar-refractivity contribution in [1.82, 2.24) is 0 Å². The highest BCUT2D eigenvalue weighted by atomic mass is 35.5. The lowest BCUT2D eigenvalue weighted by atomic mass is 9.77. The fraction of sp³-hybridized carbons (Fsp3) is 0.240. The Morgan fingerprint density at radius 1 is 0.909 bits per heavy atom. The predicted molar refractivity (Wildman–Crippen MR) is 131 cm³/mol. The summed E-state index contributed by atoms with van der Waals surface area (Å²) in [6, 6.07) is 20.2. The van der Waals surface area contributed by atoms with Crippen LogP contribution in [0.3, 0.4) is 0 Å². The van der Waals surface area contributed by atoms with E-state index in [0.29, 0.717) is 22.4 Å². The van der Waals surface area contributed by atoms with Crippen molar-refractivity contribution in [2.45, 2.75) is 31.9 Å². The largest absolute Gasteiger partial charge is 0.444 e. The molecule has 0 aliphatic carbocycles. The summed E-state index contributed by atoms with van der Waals surface area (Å²) in [7, 11) is 1.78. The maximum atomic E-state index is 12.8. The van der Waals surface area contributed by atoms with Crippen LogP contribution in [0.5, 0.6) is 0 Å². The SMILES string of the molecule is CNc1ccc([C@](c2ccc(NC(=O)OC(C)(C)C)cc2)(c2ccccc2Cl)[N+](=O)[O-])cc1. The zero-order valence-electron chi connectivity index (χ0n) is 18.9. The van der Waals surface area contributed by atoms with Crippen LogP contribution in [-0.4, -0.2) is 23.7 Å². The number of anilines is 2. The van der Waals surface area contributed by atoms with Gasteiger partial charge in [0.25, 0.3) is 5.54 Å². The van der Waals surface area contributed by atoms with Crippen LogP contribution in [0.25, 0.3) is 0 Å². The third kappa shape index (κ3) is 5.09. The highest BCUT2D eigenvalue weighted by Crippen LogP contribution is 2.43. The molecule has 33 heavy (non-hydrogen) atoms. The predicted octanol–water partition coefficient (Wildman–Crippen LogP) is 6.30. The normalized spacial score (nSPS) is 13.0. The van der Waals surface area contributed by atoms with Gasteiger partial charge in [0.15, 0.2) is 0 Å². The van der Waals surface area contributed by atoms with E-state index in [1.165, 1.54) is 0 Å². The lowest BCUT2D eigenvalue weighted by molar-refractivity contribution is -0.553. The second-order valence-corrected chi connectivity index (χ2v) is 8.89. The number of nitrogens with zero attached hydrogens (tertiary/aromatic N) is 1. The fourth-order valence-electron chi connectivity index (χ4n) is 3.64. The molecule has 0 heterocycles. The average molecular weight is 468 g/mol. The molecule has 172 valence electrons. The number of halogens is 1. The van der Waals surface area contributed by atoms with Crippen molar-refractivity contribution in [2.24, 2.45) is 0 Å². The molecule has 1 amide bonds. The number of nitro groups is 1. The lowest BCUT2D eigenvalue weighted by Gasteiger charge is -2.28. The molecule has 3 rings (SSSR count). The van der Waals surface area contributed by atoms with Crippen LogP contribution in [0.1, 0.15) is 37.5 Å². The Hall–Kier alpha value is -3.58. The van der Waals surface area contributed by atoms with Gasteiger partial charge < -0.3 is 10.1 Å². The van der Waals surface area contributed by atoms with Crippen molar-refractivity contribution < 1.29 is 14.5 Å². The van der Waals surface area contributed by atoms with Crippen LogP contribution < -0.4 is 10.6 Å². The number of rotatable bonds is 6. The van der Waals surface area contributed by atoms with E-state index < -0.39 is 17.2 Å². The van der Waals surface area contributed by atoms with Crippen molar-refractivity contribution in [3.8, 4) is 0 Å². The van der Waals surface area contributed by atoms with Gasteiger partial charge in [-0.15, -0.1) is 0 Å². The van der Waals surface area contributed by atoms with Crippen LogP contribution in [0, 0.1) is 10.1 Å². The molecule has 1 atom stereocenters. The molecular formula is C25H26ClN3O4. The molecule has 3 aromatic carbocycles. The van der Waals surface area contributed by atoms with Crippen molar-refractivity contribution in [1.29, 1.82) is 0 Å². The molecule has 2 N–H and O–H groups in total. The molecule has 0 aliphatic rings. The van der Waals surface area contributed by atoms with E-state index in [4.69, 9.17) is 16.3 Å². The Morgan fingerprint density at radius 2 is 1.42 bits per heavy atom. The van der Waals surface area contributed by atoms with E-state index >= 15 is 0 Å². The van der Waals surface area contributed by atoms with Gasteiger partial charge in [-0.3, -0.25) is 15.4 Å². The average Bonchev–Trinajstić information content (AvgIpc) is 2.75. The highest BCUT2D eigenvalue weighted by Gasteiger charge is 2.50. The molecule has 8 heteroatoms. The van der Waals surface area contributed by atoms with Crippen LogP contribution >= 0.6 is 11.6 Å². The summed E-state index contributed by atoms with van der Waals surface area (Å²) in [5, 5.41) is 18.7. The van der Waals surface area contributed by atoms with Crippen molar-refractivity contribution in [3.63, 3.8) is 0 Å². The molecule has 0 spiro atoms. The number of hydrogen-bond acceptors (Lipinski definition) is 5. The van der Waals surface area contributed by atoms with Crippen LogP contribution in [-0.2, 0) is 10.3 Å². The summed E-state index contributed by atoms with van der Waals surface area (Å²) < 4.78 is 5.27. The van der Waals surface area contributed by atoms with Gasteiger partial charge in [0.2, 0.25) is 0 Å². The second-order valence-electron chi connectivity index (χ2n) is 8.48. The van der Waals surface area contributed by atoms with E-state index in [9.17, 15) is 14.9 Å². The Bertz CT molecular complexity index is 1140. The minimum absolute atomic E-state index is 0.280. The van der Waals surface area contributed by atoms with Gasteiger partial charge in [0.05, 0.1) is 10.6 Å². The Labute approximate surface area is 197 Å². The molecule has 3 aromatic rings. The van der Waals surface area contributed by atoms with E-state index in [1.807, 2.05) is 0 Å². The summed E-state index contributed by atoms with van der Waals surface area (Å²) >= 11 is 6.48. The summed E-state index contributed by atoms with van der Waals surface area (Å²) in [5.41, 5.74) is 0.0763. The molecule has 0 aliphatic heterocycles. The van der Waals surface area contributed by atoms with Gasteiger partial charge >= 0.3 is 6.09 Å². The number of nitrogens with one attached hydrogen (secondary N) is 2. The fourth-order valence-corrected chi connectivity index (χ4v) is 3.91. The molecule has 7 nitrogen and oxygen atoms in total. The number of benzene rings is 3. The number of ether oxygens (including phenoxy) is 1.